The van der Waals surface area contributed by atoms with E-state index in [1.807, 2.05) is 6.08 Å². The maximum absolute atomic E-state index is 4.42. The van der Waals surface area contributed by atoms with Gasteiger partial charge >= 0.3 is 0 Å². The Bertz CT molecular complexity index is 345. The molecule has 1 nitrogen and oxygen atoms in total. The summed E-state index contributed by atoms with van der Waals surface area (Å²) in [5, 5.41) is 3.61. The lowest BCUT2D eigenvalue weighted by Gasteiger charge is -2.33. The second-order valence-electron chi connectivity index (χ2n) is 6.57. The van der Waals surface area contributed by atoms with Gasteiger partial charge in [0.25, 0.3) is 0 Å². The molecule has 1 aliphatic rings. The largest absolute Gasteiger partial charge is 0.313 e. The lowest BCUT2D eigenvalue weighted by atomic mass is 9.73. The predicted octanol–water partition coefficient (Wildman–Crippen LogP) is 5.80. The van der Waals surface area contributed by atoms with Crippen molar-refractivity contribution in [2.24, 2.45) is 5.41 Å². The van der Waals surface area contributed by atoms with Crippen LogP contribution < -0.4 is 5.32 Å². The molecular weight excluding hydrogens is 254 g/mol. The summed E-state index contributed by atoms with van der Waals surface area (Å²) in [6, 6.07) is 0. The third kappa shape index (κ3) is 5.47. The average molecular weight is 290 g/mol. The van der Waals surface area contributed by atoms with Crippen LogP contribution in [0.25, 0.3) is 0 Å². The van der Waals surface area contributed by atoms with Crippen LogP contribution in [0.2, 0.25) is 0 Å². The zero-order valence-electron chi connectivity index (χ0n) is 14.3. The van der Waals surface area contributed by atoms with Crippen molar-refractivity contribution in [2.75, 3.05) is 13.1 Å². The molecule has 1 aliphatic carbocycles. The van der Waals surface area contributed by atoms with Crippen molar-refractivity contribution in [3.63, 3.8) is 0 Å². The van der Waals surface area contributed by atoms with Crippen LogP contribution in [-0.4, -0.2) is 13.1 Å². The van der Waals surface area contributed by atoms with Crippen molar-refractivity contribution >= 4 is 0 Å². The van der Waals surface area contributed by atoms with Crippen LogP contribution in [0.15, 0.2) is 36.5 Å². The first-order valence-corrected chi connectivity index (χ1v) is 8.86. The molecule has 0 unspecified atom stereocenters. The van der Waals surface area contributed by atoms with Crippen LogP contribution in [0.5, 0.6) is 0 Å². The fraction of sp³-hybridized carbons (Fsp3) is 0.700. The molecule has 0 aromatic heterocycles. The molecule has 0 aromatic carbocycles. The maximum atomic E-state index is 4.42. The summed E-state index contributed by atoms with van der Waals surface area (Å²) in [5.74, 6) is 0. The fourth-order valence-electron chi connectivity index (χ4n) is 3.60. The van der Waals surface area contributed by atoms with E-state index < -0.39 is 0 Å². The lowest BCUT2D eigenvalue weighted by Crippen LogP contribution is -2.29. The zero-order chi connectivity index (χ0) is 15.6. The summed E-state index contributed by atoms with van der Waals surface area (Å²) in [6.07, 6.45) is 16.0. The van der Waals surface area contributed by atoms with E-state index in [2.05, 4.69) is 38.4 Å². The van der Waals surface area contributed by atoms with Gasteiger partial charge in [0.15, 0.2) is 0 Å². The molecule has 1 rings (SSSR count). The third-order valence-electron chi connectivity index (χ3n) is 5.05. The predicted molar refractivity (Wildman–Crippen MR) is 95.6 cm³/mol. The second-order valence-corrected chi connectivity index (χ2v) is 6.57. The van der Waals surface area contributed by atoms with Gasteiger partial charge in [-0.1, -0.05) is 81.9 Å². The molecule has 0 saturated heterocycles. The molecule has 0 bridgehead atoms. The molecule has 21 heavy (non-hydrogen) atoms. The standard InChI is InChI=1S/C20H35N/c1-5-7-8-9-12-16-21-17-19(4)20(14-10-11-15-20)18(3)13-6-2/h6,13,21H,2,4-5,7-12,14-17H2,1,3H3/b18-13+. The highest BCUT2D eigenvalue weighted by atomic mass is 14.9. The number of nitrogens with one attached hydrogen (secondary N) is 1. The topological polar surface area (TPSA) is 12.0 Å². The molecule has 0 radical (unpaired) electrons. The molecule has 0 atom stereocenters. The first-order chi connectivity index (χ1) is 10.2. The van der Waals surface area contributed by atoms with Crippen molar-refractivity contribution in [1.82, 2.24) is 5.32 Å². The van der Waals surface area contributed by atoms with Crippen LogP contribution in [0, 0.1) is 5.41 Å². The van der Waals surface area contributed by atoms with Crippen LogP contribution in [0.4, 0.5) is 0 Å². The Balaban J connectivity index is 2.37. The third-order valence-corrected chi connectivity index (χ3v) is 5.05. The zero-order valence-corrected chi connectivity index (χ0v) is 14.3. The summed E-state index contributed by atoms with van der Waals surface area (Å²) in [5.41, 5.74) is 3.07. The highest BCUT2D eigenvalue weighted by molar-refractivity contribution is 5.31. The smallest absolute Gasteiger partial charge is 0.0170 e. The molecule has 0 aliphatic heterocycles. The Kier molecular flexibility index (Phi) is 8.68. The molecule has 1 saturated carbocycles. The van der Waals surface area contributed by atoms with Gasteiger partial charge < -0.3 is 5.32 Å². The Morgan fingerprint density at radius 3 is 2.43 bits per heavy atom. The summed E-state index contributed by atoms with van der Waals surface area (Å²) >= 11 is 0. The van der Waals surface area contributed by atoms with Gasteiger partial charge in [0.1, 0.15) is 0 Å². The molecule has 0 amide bonds. The minimum atomic E-state index is 0.239. The van der Waals surface area contributed by atoms with E-state index in [1.54, 1.807) is 0 Å². The molecule has 120 valence electrons. The second kappa shape index (κ2) is 10.00. The van der Waals surface area contributed by atoms with Gasteiger partial charge in [-0.25, -0.2) is 0 Å². The number of rotatable bonds is 11. The van der Waals surface area contributed by atoms with E-state index in [0.29, 0.717) is 0 Å². The van der Waals surface area contributed by atoms with E-state index in [9.17, 15) is 0 Å². The van der Waals surface area contributed by atoms with E-state index in [4.69, 9.17) is 0 Å². The summed E-state index contributed by atoms with van der Waals surface area (Å²) in [7, 11) is 0. The quantitative estimate of drug-likeness (QED) is 0.288. The average Bonchev–Trinajstić information content (AvgIpc) is 2.97. The van der Waals surface area contributed by atoms with Crippen molar-refractivity contribution < 1.29 is 0 Å². The molecular formula is C20H35N. The van der Waals surface area contributed by atoms with Gasteiger partial charge in [-0.05, 0) is 32.7 Å². The van der Waals surface area contributed by atoms with Gasteiger partial charge in [-0.3, -0.25) is 0 Å². The number of allylic oxidation sites excluding steroid dienone is 3. The number of unbranched alkanes of at least 4 members (excludes halogenated alkanes) is 4. The number of hydrogen-bond acceptors (Lipinski definition) is 1. The van der Waals surface area contributed by atoms with Crippen LogP contribution in [-0.2, 0) is 0 Å². The minimum Gasteiger partial charge on any atom is -0.313 e. The molecule has 1 fully saturated rings. The Morgan fingerprint density at radius 2 is 1.81 bits per heavy atom. The van der Waals surface area contributed by atoms with Crippen molar-refractivity contribution in [2.45, 2.75) is 71.6 Å². The molecule has 1 N–H and O–H groups in total. The van der Waals surface area contributed by atoms with Gasteiger partial charge in [-0.15, -0.1) is 0 Å². The van der Waals surface area contributed by atoms with Crippen LogP contribution in [0.3, 0.4) is 0 Å². The van der Waals surface area contributed by atoms with Crippen molar-refractivity contribution in [3.8, 4) is 0 Å². The van der Waals surface area contributed by atoms with Crippen molar-refractivity contribution in [3.05, 3.63) is 36.5 Å². The monoisotopic (exact) mass is 289 g/mol. The van der Waals surface area contributed by atoms with E-state index >= 15 is 0 Å². The van der Waals surface area contributed by atoms with Gasteiger partial charge in [0.2, 0.25) is 0 Å². The first-order valence-electron chi connectivity index (χ1n) is 8.86. The van der Waals surface area contributed by atoms with Crippen molar-refractivity contribution in [1.29, 1.82) is 0 Å². The SMILES string of the molecule is C=C/C=C(\C)C1(C(=C)CNCCCCCCC)CCCC1. The van der Waals surface area contributed by atoms with Gasteiger partial charge in [0.05, 0.1) is 0 Å². The normalized spacial score (nSPS) is 17.9. The fourth-order valence-corrected chi connectivity index (χ4v) is 3.60. The number of hydrogen-bond donors (Lipinski definition) is 1. The molecule has 0 heterocycles. The Morgan fingerprint density at radius 1 is 1.14 bits per heavy atom. The Hall–Kier alpha value is -0.820. The Labute approximate surface area is 132 Å². The molecule has 1 heteroatoms. The van der Waals surface area contributed by atoms with Gasteiger partial charge in [-0.2, -0.15) is 0 Å². The molecule has 0 spiro atoms. The minimum absolute atomic E-state index is 0.239. The maximum Gasteiger partial charge on any atom is 0.0170 e. The summed E-state index contributed by atoms with van der Waals surface area (Å²) < 4.78 is 0. The van der Waals surface area contributed by atoms with Gasteiger partial charge in [0, 0.05) is 12.0 Å². The molecule has 0 aromatic rings. The lowest BCUT2D eigenvalue weighted by molar-refractivity contribution is 0.429. The summed E-state index contributed by atoms with van der Waals surface area (Å²) in [6.45, 7) is 14.9. The van der Waals surface area contributed by atoms with Crippen LogP contribution >= 0.6 is 0 Å². The van der Waals surface area contributed by atoms with E-state index in [1.165, 1.54) is 68.9 Å². The first kappa shape index (κ1) is 18.2. The van der Waals surface area contributed by atoms with E-state index in [0.717, 1.165) is 13.1 Å². The summed E-state index contributed by atoms with van der Waals surface area (Å²) in [4.78, 5) is 0. The highest BCUT2D eigenvalue weighted by Gasteiger charge is 2.37. The van der Waals surface area contributed by atoms with E-state index in [-0.39, 0.29) is 5.41 Å². The highest BCUT2D eigenvalue weighted by Crippen LogP contribution is 2.48. The van der Waals surface area contributed by atoms with Crippen LogP contribution in [0.1, 0.15) is 71.6 Å².